The number of rotatable bonds is 5. The highest BCUT2D eigenvalue weighted by Crippen LogP contribution is 2.03. The number of allylic oxidation sites excluding steroid dienone is 2. The lowest BCUT2D eigenvalue weighted by molar-refractivity contribution is 0.183. The smallest absolute Gasteiger partial charge is 0.0703 e. The molecule has 0 N–H and O–H groups in total. The third kappa shape index (κ3) is 4.73. The van der Waals surface area contributed by atoms with Crippen LogP contribution < -0.4 is 0 Å². The Labute approximate surface area is 82.5 Å². The van der Waals surface area contributed by atoms with Gasteiger partial charge in [-0.15, -0.1) is 0 Å². The Kier molecular flexibility index (Phi) is 5.47. The van der Waals surface area contributed by atoms with Crippen molar-refractivity contribution in [3.05, 3.63) is 24.4 Å². The van der Waals surface area contributed by atoms with Crippen molar-refractivity contribution < 1.29 is 0 Å². The monoisotopic (exact) mass is 182 g/mol. The van der Waals surface area contributed by atoms with Gasteiger partial charge in [0.25, 0.3) is 0 Å². The van der Waals surface area contributed by atoms with Crippen LogP contribution in [0.4, 0.5) is 0 Å². The van der Waals surface area contributed by atoms with Gasteiger partial charge in [0.05, 0.1) is 6.67 Å². The van der Waals surface area contributed by atoms with E-state index in [1.165, 1.54) is 0 Å². The van der Waals surface area contributed by atoms with Crippen molar-refractivity contribution in [2.24, 2.45) is 0 Å². The van der Waals surface area contributed by atoms with E-state index < -0.39 is 0 Å². The van der Waals surface area contributed by atoms with E-state index in [1.54, 1.807) is 0 Å². The molecule has 0 heterocycles. The van der Waals surface area contributed by atoms with Crippen LogP contribution in [0.1, 0.15) is 20.8 Å². The summed E-state index contributed by atoms with van der Waals surface area (Å²) in [6.07, 6.45) is 4.03. The SMILES string of the molecule is C=C(/C=C\C)N(C)CN(C)C(C)C. The van der Waals surface area contributed by atoms with Crippen molar-refractivity contribution in [2.45, 2.75) is 26.8 Å². The quantitative estimate of drug-likeness (QED) is 0.475. The molecule has 0 unspecified atom stereocenters. The average molecular weight is 182 g/mol. The molecule has 0 aliphatic rings. The van der Waals surface area contributed by atoms with Gasteiger partial charge in [-0.25, -0.2) is 0 Å². The molecule has 0 fully saturated rings. The van der Waals surface area contributed by atoms with Crippen molar-refractivity contribution in [2.75, 3.05) is 20.8 Å². The van der Waals surface area contributed by atoms with Gasteiger partial charge in [-0.3, -0.25) is 4.90 Å². The second kappa shape index (κ2) is 5.81. The van der Waals surface area contributed by atoms with E-state index in [0.29, 0.717) is 6.04 Å². The van der Waals surface area contributed by atoms with Crippen molar-refractivity contribution in [3.8, 4) is 0 Å². The number of nitrogens with zero attached hydrogens (tertiary/aromatic N) is 2. The third-order valence-electron chi connectivity index (χ3n) is 2.17. The fourth-order valence-corrected chi connectivity index (χ4v) is 0.908. The first kappa shape index (κ1) is 12.2. The van der Waals surface area contributed by atoms with Gasteiger partial charge in [0.2, 0.25) is 0 Å². The molecule has 0 saturated carbocycles. The molecule has 0 atom stereocenters. The normalized spacial score (nSPS) is 11.6. The molecule has 0 aromatic carbocycles. The Bertz CT molecular complexity index is 183. The largest absolute Gasteiger partial charge is 0.362 e. The number of hydrogen-bond acceptors (Lipinski definition) is 2. The van der Waals surface area contributed by atoms with Crippen LogP contribution in [0.3, 0.4) is 0 Å². The van der Waals surface area contributed by atoms with Gasteiger partial charge in [-0.05, 0) is 33.9 Å². The van der Waals surface area contributed by atoms with Gasteiger partial charge < -0.3 is 4.90 Å². The van der Waals surface area contributed by atoms with Crippen LogP contribution in [0, 0.1) is 0 Å². The lowest BCUT2D eigenvalue weighted by Gasteiger charge is -2.28. The molecule has 0 amide bonds. The van der Waals surface area contributed by atoms with Crippen LogP contribution in [0.25, 0.3) is 0 Å². The Morgan fingerprint density at radius 1 is 1.38 bits per heavy atom. The van der Waals surface area contributed by atoms with Gasteiger partial charge in [-0.1, -0.05) is 12.7 Å². The molecule has 13 heavy (non-hydrogen) atoms. The topological polar surface area (TPSA) is 6.48 Å². The maximum atomic E-state index is 3.97. The maximum Gasteiger partial charge on any atom is 0.0703 e. The molecule has 0 aliphatic carbocycles. The molecule has 0 aromatic heterocycles. The highest BCUT2D eigenvalue weighted by molar-refractivity contribution is 5.11. The zero-order valence-corrected chi connectivity index (χ0v) is 9.54. The molecule has 0 spiro atoms. The Hall–Kier alpha value is -0.760. The van der Waals surface area contributed by atoms with Gasteiger partial charge in [0.1, 0.15) is 0 Å². The van der Waals surface area contributed by atoms with Gasteiger partial charge in [0, 0.05) is 18.8 Å². The Morgan fingerprint density at radius 2 is 1.92 bits per heavy atom. The summed E-state index contributed by atoms with van der Waals surface area (Å²) in [6, 6.07) is 0.570. The van der Waals surface area contributed by atoms with Crippen LogP contribution >= 0.6 is 0 Å². The summed E-state index contributed by atoms with van der Waals surface area (Å²) in [4.78, 5) is 4.41. The highest BCUT2D eigenvalue weighted by Gasteiger charge is 2.06. The van der Waals surface area contributed by atoms with Crippen molar-refractivity contribution in [3.63, 3.8) is 0 Å². The van der Waals surface area contributed by atoms with Crippen molar-refractivity contribution in [1.29, 1.82) is 0 Å². The standard InChI is InChI=1S/C11H22N2/c1-7-8-11(4)13(6)9-12(5)10(2)3/h7-8,10H,4,9H2,1-3,5-6H3/b8-7-. The summed E-state index contributed by atoms with van der Waals surface area (Å²) in [5, 5.41) is 0. The van der Waals surface area contributed by atoms with Crippen LogP contribution in [0.15, 0.2) is 24.4 Å². The van der Waals surface area contributed by atoms with Crippen molar-refractivity contribution in [1.82, 2.24) is 9.80 Å². The molecule has 76 valence electrons. The summed E-state index contributed by atoms with van der Waals surface area (Å²) in [6.45, 7) is 11.3. The van der Waals surface area contributed by atoms with Gasteiger partial charge in [-0.2, -0.15) is 0 Å². The van der Waals surface area contributed by atoms with E-state index in [2.05, 4.69) is 44.3 Å². The molecular weight excluding hydrogens is 160 g/mol. The van der Waals surface area contributed by atoms with Crippen LogP contribution in [-0.4, -0.2) is 36.6 Å². The summed E-state index contributed by atoms with van der Waals surface area (Å²) >= 11 is 0. The van der Waals surface area contributed by atoms with Crippen LogP contribution in [0.2, 0.25) is 0 Å². The molecule has 2 heteroatoms. The molecule has 0 rings (SSSR count). The lowest BCUT2D eigenvalue weighted by Crippen LogP contribution is -2.36. The molecule has 0 aromatic rings. The molecule has 0 aliphatic heterocycles. The minimum atomic E-state index is 0.570. The van der Waals surface area contributed by atoms with E-state index in [0.717, 1.165) is 12.4 Å². The highest BCUT2D eigenvalue weighted by atomic mass is 15.3. The molecule has 0 saturated heterocycles. The Morgan fingerprint density at radius 3 is 2.31 bits per heavy atom. The molecule has 0 bridgehead atoms. The van der Waals surface area contributed by atoms with E-state index in [4.69, 9.17) is 0 Å². The molecule has 2 nitrogen and oxygen atoms in total. The average Bonchev–Trinajstić information content (AvgIpc) is 2.04. The summed E-state index contributed by atoms with van der Waals surface area (Å²) < 4.78 is 0. The van der Waals surface area contributed by atoms with E-state index >= 15 is 0 Å². The first-order valence-corrected chi connectivity index (χ1v) is 4.72. The van der Waals surface area contributed by atoms with Gasteiger partial charge >= 0.3 is 0 Å². The number of hydrogen-bond donors (Lipinski definition) is 0. The Balaban J connectivity index is 3.99. The summed E-state index contributed by atoms with van der Waals surface area (Å²) in [5.41, 5.74) is 1.05. The number of likely N-dealkylation sites (N-methyl/N-ethyl adjacent to an activating group) is 1. The van der Waals surface area contributed by atoms with E-state index in [-0.39, 0.29) is 0 Å². The zero-order chi connectivity index (χ0) is 10.4. The van der Waals surface area contributed by atoms with Crippen molar-refractivity contribution >= 4 is 0 Å². The minimum Gasteiger partial charge on any atom is -0.362 e. The molecular formula is C11H22N2. The van der Waals surface area contributed by atoms with Crippen LogP contribution in [0.5, 0.6) is 0 Å². The first-order chi connectivity index (χ1) is 5.99. The second-order valence-electron chi connectivity index (χ2n) is 3.68. The fourth-order valence-electron chi connectivity index (χ4n) is 0.908. The second-order valence-corrected chi connectivity index (χ2v) is 3.68. The fraction of sp³-hybridized carbons (Fsp3) is 0.636. The lowest BCUT2D eigenvalue weighted by atomic mass is 10.3. The minimum absolute atomic E-state index is 0.570. The van der Waals surface area contributed by atoms with Crippen LogP contribution in [-0.2, 0) is 0 Å². The maximum absolute atomic E-state index is 3.97. The predicted molar refractivity (Wildman–Crippen MR) is 59.5 cm³/mol. The summed E-state index contributed by atoms with van der Waals surface area (Å²) in [7, 11) is 4.17. The first-order valence-electron chi connectivity index (χ1n) is 4.72. The summed E-state index contributed by atoms with van der Waals surface area (Å²) in [5.74, 6) is 0. The molecule has 0 radical (unpaired) electrons. The zero-order valence-electron chi connectivity index (χ0n) is 9.54. The predicted octanol–water partition coefficient (Wildman–Crippen LogP) is 2.31. The van der Waals surface area contributed by atoms with Gasteiger partial charge in [0.15, 0.2) is 0 Å². The van der Waals surface area contributed by atoms with E-state index in [9.17, 15) is 0 Å². The van der Waals surface area contributed by atoms with E-state index in [1.807, 2.05) is 19.1 Å². The third-order valence-corrected chi connectivity index (χ3v) is 2.17.